The monoisotopic (exact) mass is 237 g/mol. The summed E-state index contributed by atoms with van der Waals surface area (Å²) in [4.78, 5) is 0. The Morgan fingerprint density at radius 1 is 1.24 bits per heavy atom. The summed E-state index contributed by atoms with van der Waals surface area (Å²) in [6, 6.07) is 1.48. The molecule has 0 spiro atoms. The van der Waals surface area contributed by atoms with Crippen LogP contribution in [0.5, 0.6) is 0 Å². The van der Waals surface area contributed by atoms with Gasteiger partial charge in [-0.1, -0.05) is 41.0 Å². The first-order valence-electron chi connectivity index (χ1n) is 7.70. The van der Waals surface area contributed by atoms with Gasteiger partial charge >= 0.3 is 0 Å². The van der Waals surface area contributed by atoms with Crippen LogP contribution in [0.2, 0.25) is 0 Å². The highest BCUT2D eigenvalue weighted by atomic mass is 15.0. The highest BCUT2D eigenvalue weighted by Gasteiger charge is 2.59. The van der Waals surface area contributed by atoms with Crippen molar-refractivity contribution in [1.82, 2.24) is 5.32 Å². The van der Waals surface area contributed by atoms with Crippen molar-refractivity contribution in [3.63, 3.8) is 0 Å². The van der Waals surface area contributed by atoms with Crippen LogP contribution in [-0.4, -0.2) is 12.1 Å². The Morgan fingerprint density at radius 2 is 1.94 bits per heavy atom. The Labute approximate surface area is 108 Å². The van der Waals surface area contributed by atoms with Gasteiger partial charge in [-0.15, -0.1) is 0 Å². The van der Waals surface area contributed by atoms with Gasteiger partial charge in [0.2, 0.25) is 0 Å². The van der Waals surface area contributed by atoms with E-state index >= 15 is 0 Å². The van der Waals surface area contributed by atoms with E-state index in [9.17, 15) is 0 Å². The largest absolute Gasteiger partial charge is 0.310 e. The van der Waals surface area contributed by atoms with Crippen LogP contribution >= 0.6 is 0 Å². The minimum absolute atomic E-state index is 0.508. The normalized spacial score (nSPS) is 40.8. The molecular formula is C16H31N. The number of hydrogen-bond donors (Lipinski definition) is 1. The Hall–Kier alpha value is -0.0400. The van der Waals surface area contributed by atoms with Crippen molar-refractivity contribution in [2.75, 3.05) is 0 Å². The fraction of sp³-hybridized carbons (Fsp3) is 1.00. The van der Waals surface area contributed by atoms with Crippen molar-refractivity contribution < 1.29 is 0 Å². The molecule has 0 aromatic carbocycles. The molecule has 2 bridgehead atoms. The second kappa shape index (κ2) is 4.57. The molecule has 1 nitrogen and oxygen atoms in total. The smallest absolute Gasteiger partial charge is 0.0177 e. The van der Waals surface area contributed by atoms with Gasteiger partial charge in [-0.3, -0.25) is 0 Å². The molecule has 2 rings (SSSR count). The van der Waals surface area contributed by atoms with E-state index in [4.69, 9.17) is 0 Å². The van der Waals surface area contributed by atoms with Gasteiger partial charge < -0.3 is 5.32 Å². The molecule has 2 saturated carbocycles. The maximum absolute atomic E-state index is 4.03. The summed E-state index contributed by atoms with van der Waals surface area (Å²) < 4.78 is 0. The van der Waals surface area contributed by atoms with Crippen molar-refractivity contribution in [3.8, 4) is 0 Å². The third-order valence-corrected chi connectivity index (χ3v) is 5.80. The standard InChI is InChI=1S/C16H31N/c1-6-8-13(7-2)17-14-15(3,4)12-9-10-16(14,5)11-12/h12-14,17H,6-11H2,1-5H3/t12-,13?,14?,16+/m0/s1. The van der Waals surface area contributed by atoms with Crippen LogP contribution in [0.3, 0.4) is 0 Å². The summed E-state index contributed by atoms with van der Waals surface area (Å²) in [5.41, 5.74) is 1.09. The van der Waals surface area contributed by atoms with Crippen LogP contribution < -0.4 is 5.32 Å². The zero-order chi connectivity index (χ0) is 12.7. The molecule has 4 atom stereocenters. The van der Waals surface area contributed by atoms with E-state index in [0.29, 0.717) is 10.8 Å². The summed E-state index contributed by atoms with van der Waals surface area (Å²) >= 11 is 0. The van der Waals surface area contributed by atoms with Crippen molar-refractivity contribution in [2.45, 2.75) is 85.2 Å². The number of hydrogen-bond acceptors (Lipinski definition) is 1. The molecule has 1 N–H and O–H groups in total. The first-order valence-corrected chi connectivity index (χ1v) is 7.70. The van der Waals surface area contributed by atoms with Gasteiger partial charge in [0.05, 0.1) is 0 Å². The molecule has 0 aromatic heterocycles. The summed E-state index contributed by atoms with van der Waals surface area (Å²) in [5, 5.41) is 4.03. The van der Waals surface area contributed by atoms with Crippen LogP contribution in [0, 0.1) is 16.7 Å². The Morgan fingerprint density at radius 3 is 2.41 bits per heavy atom. The summed E-state index contributed by atoms with van der Waals surface area (Å²) in [6.07, 6.45) is 8.29. The zero-order valence-corrected chi connectivity index (χ0v) is 12.5. The highest BCUT2D eigenvalue weighted by molar-refractivity contribution is 5.12. The lowest BCUT2D eigenvalue weighted by Gasteiger charge is -2.45. The molecule has 0 radical (unpaired) electrons. The van der Waals surface area contributed by atoms with Crippen molar-refractivity contribution in [1.29, 1.82) is 0 Å². The first-order chi connectivity index (χ1) is 7.94. The quantitative estimate of drug-likeness (QED) is 0.748. The third kappa shape index (κ3) is 2.16. The molecule has 0 saturated heterocycles. The average Bonchev–Trinajstić information content (AvgIpc) is 2.74. The van der Waals surface area contributed by atoms with Crippen molar-refractivity contribution in [3.05, 3.63) is 0 Å². The minimum atomic E-state index is 0.508. The van der Waals surface area contributed by atoms with Crippen LogP contribution in [0.25, 0.3) is 0 Å². The number of nitrogens with one attached hydrogen (secondary N) is 1. The van der Waals surface area contributed by atoms with E-state index in [0.717, 1.165) is 18.0 Å². The zero-order valence-electron chi connectivity index (χ0n) is 12.5. The van der Waals surface area contributed by atoms with Gasteiger partial charge in [0.25, 0.3) is 0 Å². The lowest BCUT2D eigenvalue weighted by molar-refractivity contribution is 0.0962. The van der Waals surface area contributed by atoms with Gasteiger partial charge in [-0.25, -0.2) is 0 Å². The molecule has 17 heavy (non-hydrogen) atoms. The van der Waals surface area contributed by atoms with Crippen molar-refractivity contribution >= 4 is 0 Å². The molecular weight excluding hydrogens is 206 g/mol. The van der Waals surface area contributed by atoms with Crippen LogP contribution in [0.4, 0.5) is 0 Å². The van der Waals surface area contributed by atoms with Crippen LogP contribution in [-0.2, 0) is 0 Å². The van der Waals surface area contributed by atoms with Gasteiger partial charge in [-0.05, 0) is 48.9 Å². The summed E-state index contributed by atoms with van der Waals surface area (Å²) in [7, 11) is 0. The molecule has 2 aliphatic carbocycles. The topological polar surface area (TPSA) is 12.0 Å². The fourth-order valence-electron chi connectivity index (χ4n) is 4.71. The van der Waals surface area contributed by atoms with E-state index < -0.39 is 0 Å². The molecule has 1 heteroatoms. The highest BCUT2D eigenvalue weighted by Crippen LogP contribution is 2.62. The fourth-order valence-corrected chi connectivity index (χ4v) is 4.71. The van der Waals surface area contributed by atoms with E-state index in [1.807, 2.05) is 0 Å². The average molecular weight is 237 g/mol. The predicted molar refractivity (Wildman–Crippen MR) is 75.1 cm³/mol. The minimum Gasteiger partial charge on any atom is -0.310 e. The molecule has 100 valence electrons. The first kappa shape index (κ1) is 13.4. The molecule has 2 unspecified atom stereocenters. The van der Waals surface area contributed by atoms with Crippen LogP contribution in [0.15, 0.2) is 0 Å². The third-order valence-electron chi connectivity index (χ3n) is 5.80. The predicted octanol–water partition coefficient (Wildman–Crippen LogP) is 4.37. The molecule has 0 aromatic rings. The lowest BCUT2D eigenvalue weighted by Crippen LogP contribution is -2.53. The SMILES string of the molecule is CCCC(CC)NC1C(C)(C)[C@H]2CC[C@]1(C)C2. The Bertz CT molecular complexity index is 266. The number of rotatable bonds is 5. The van der Waals surface area contributed by atoms with Gasteiger partial charge in [0, 0.05) is 12.1 Å². The number of fused-ring (bicyclic) bond motifs is 2. The Kier molecular flexibility index (Phi) is 3.60. The molecule has 0 aliphatic heterocycles. The van der Waals surface area contributed by atoms with E-state index in [1.165, 1.54) is 38.5 Å². The van der Waals surface area contributed by atoms with Crippen LogP contribution in [0.1, 0.15) is 73.1 Å². The van der Waals surface area contributed by atoms with Crippen molar-refractivity contribution in [2.24, 2.45) is 16.7 Å². The summed E-state index contributed by atoms with van der Waals surface area (Å²) in [6.45, 7) is 12.2. The van der Waals surface area contributed by atoms with Gasteiger partial charge in [0.15, 0.2) is 0 Å². The molecule has 2 fully saturated rings. The van der Waals surface area contributed by atoms with E-state index in [1.54, 1.807) is 0 Å². The van der Waals surface area contributed by atoms with E-state index in [-0.39, 0.29) is 0 Å². The summed E-state index contributed by atoms with van der Waals surface area (Å²) in [5.74, 6) is 0.962. The molecule has 2 aliphatic rings. The maximum Gasteiger partial charge on any atom is 0.0177 e. The second-order valence-corrected chi connectivity index (χ2v) is 7.41. The maximum atomic E-state index is 4.03. The molecule has 0 heterocycles. The van der Waals surface area contributed by atoms with E-state index in [2.05, 4.69) is 39.9 Å². The lowest BCUT2D eigenvalue weighted by atomic mass is 9.68. The Balaban J connectivity index is 2.09. The van der Waals surface area contributed by atoms with Gasteiger partial charge in [0.1, 0.15) is 0 Å². The van der Waals surface area contributed by atoms with Gasteiger partial charge in [-0.2, -0.15) is 0 Å². The second-order valence-electron chi connectivity index (χ2n) is 7.41. The molecule has 0 amide bonds.